The average Bonchev–Trinajstić information content (AvgIpc) is 2.98. The maximum Gasteiger partial charge on any atom is 0.262 e. The lowest BCUT2D eigenvalue weighted by atomic mass is 10.1. The maximum absolute atomic E-state index is 12.1. The van der Waals surface area contributed by atoms with Crippen LogP contribution in [0.4, 0.5) is 10.8 Å². The molecule has 1 amide bonds. The molecule has 0 saturated carbocycles. The van der Waals surface area contributed by atoms with Gasteiger partial charge in [-0.1, -0.05) is 40.6 Å². The van der Waals surface area contributed by atoms with Gasteiger partial charge in [0.25, 0.3) is 5.91 Å². The van der Waals surface area contributed by atoms with Crippen LogP contribution in [-0.4, -0.2) is 17.5 Å². The molecule has 1 aromatic heterocycles. The lowest BCUT2D eigenvalue weighted by Crippen LogP contribution is -2.20. The first-order valence-electron chi connectivity index (χ1n) is 7.53. The van der Waals surface area contributed by atoms with Crippen molar-refractivity contribution in [2.24, 2.45) is 5.84 Å². The van der Waals surface area contributed by atoms with Crippen molar-refractivity contribution in [3.8, 4) is 5.75 Å². The molecule has 25 heavy (non-hydrogen) atoms. The van der Waals surface area contributed by atoms with Gasteiger partial charge < -0.3 is 10.1 Å². The van der Waals surface area contributed by atoms with Crippen LogP contribution in [0.3, 0.4) is 0 Å². The topological polar surface area (TPSA) is 89.3 Å². The number of fused-ring (bicyclic) bond motifs is 1. The summed E-state index contributed by atoms with van der Waals surface area (Å²) in [5.74, 6) is 5.79. The largest absolute Gasteiger partial charge is 0.483 e. The summed E-state index contributed by atoms with van der Waals surface area (Å²) in [6, 6.07) is 9.27. The molecule has 0 aliphatic heterocycles. The Kier molecular flexibility index (Phi) is 5.08. The highest BCUT2D eigenvalue weighted by molar-refractivity contribution is 7.22. The van der Waals surface area contributed by atoms with Crippen molar-refractivity contribution in [1.82, 2.24) is 4.98 Å². The Morgan fingerprint density at radius 1 is 1.32 bits per heavy atom. The summed E-state index contributed by atoms with van der Waals surface area (Å²) in [5, 5.41) is 3.78. The minimum atomic E-state index is -0.267. The van der Waals surface area contributed by atoms with E-state index in [1.165, 1.54) is 11.3 Å². The predicted octanol–water partition coefficient (Wildman–Crippen LogP) is 3.87. The Morgan fingerprint density at radius 2 is 2.12 bits per heavy atom. The molecule has 2 aromatic carbocycles. The van der Waals surface area contributed by atoms with E-state index in [1.807, 2.05) is 32.0 Å². The van der Waals surface area contributed by atoms with Crippen molar-refractivity contribution >= 4 is 49.9 Å². The molecule has 130 valence electrons. The Morgan fingerprint density at radius 3 is 2.84 bits per heavy atom. The summed E-state index contributed by atoms with van der Waals surface area (Å²) < 4.78 is 6.41. The summed E-state index contributed by atoms with van der Waals surface area (Å²) in [6.07, 6.45) is 0. The van der Waals surface area contributed by atoms with Crippen LogP contribution in [-0.2, 0) is 4.79 Å². The molecule has 1 heterocycles. The summed E-state index contributed by atoms with van der Waals surface area (Å²) in [6.45, 7) is 3.87. The van der Waals surface area contributed by atoms with E-state index in [0.29, 0.717) is 27.1 Å². The first-order valence-corrected chi connectivity index (χ1v) is 8.72. The van der Waals surface area contributed by atoms with Crippen LogP contribution in [0.5, 0.6) is 5.75 Å². The molecule has 0 saturated heterocycles. The molecule has 8 heteroatoms. The Labute approximate surface area is 153 Å². The van der Waals surface area contributed by atoms with Crippen molar-refractivity contribution in [1.29, 1.82) is 0 Å². The fourth-order valence-corrected chi connectivity index (χ4v) is 3.58. The van der Waals surface area contributed by atoms with E-state index in [4.69, 9.17) is 22.2 Å². The highest BCUT2D eigenvalue weighted by atomic mass is 35.5. The molecule has 0 atom stereocenters. The van der Waals surface area contributed by atoms with Crippen LogP contribution in [0.2, 0.25) is 5.02 Å². The summed E-state index contributed by atoms with van der Waals surface area (Å²) in [7, 11) is 0. The third-order valence-corrected chi connectivity index (χ3v) is 4.77. The average molecular weight is 377 g/mol. The predicted molar refractivity (Wildman–Crippen MR) is 102 cm³/mol. The van der Waals surface area contributed by atoms with E-state index in [2.05, 4.69) is 15.7 Å². The number of thiazole rings is 1. The monoisotopic (exact) mass is 376 g/mol. The molecule has 6 nitrogen and oxygen atoms in total. The van der Waals surface area contributed by atoms with Crippen LogP contribution < -0.4 is 21.3 Å². The molecule has 0 radical (unpaired) electrons. The summed E-state index contributed by atoms with van der Waals surface area (Å²) in [5.41, 5.74) is 5.85. The van der Waals surface area contributed by atoms with Gasteiger partial charge in [0.05, 0.1) is 9.72 Å². The number of anilines is 2. The van der Waals surface area contributed by atoms with E-state index >= 15 is 0 Å². The normalized spacial score (nSPS) is 10.7. The molecule has 3 rings (SSSR count). The number of aryl methyl sites for hydroxylation is 2. The zero-order chi connectivity index (χ0) is 18.0. The Bertz CT molecular complexity index is 942. The standard InChI is InChI=1S/C17H17ClN4O2S/c1-9-3-4-13(10(2)5-9)24-8-15(23)20-11-6-12(18)16-14(7-11)25-17(21-16)22-19/h3-7H,8,19H2,1-2H3,(H,20,23)(H,21,22). The van der Waals surface area contributed by atoms with Gasteiger partial charge in [0.1, 0.15) is 11.3 Å². The lowest BCUT2D eigenvalue weighted by Gasteiger charge is -2.10. The van der Waals surface area contributed by atoms with Gasteiger partial charge in [0.15, 0.2) is 11.7 Å². The SMILES string of the molecule is Cc1ccc(OCC(=O)Nc2cc(Cl)c3nc(NN)sc3c2)c(C)c1. The number of carbonyl (C=O) groups excluding carboxylic acids is 1. The molecule has 4 N–H and O–H groups in total. The zero-order valence-electron chi connectivity index (χ0n) is 13.7. The van der Waals surface area contributed by atoms with Crippen LogP contribution in [0.1, 0.15) is 11.1 Å². The third kappa shape index (κ3) is 4.01. The number of ether oxygens (including phenoxy) is 1. The molecule has 0 aliphatic rings. The third-order valence-electron chi connectivity index (χ3n) is 3.54. The number of hydrogen-bond acceptors (Lipinski definition) is 6. The maximum atomic E-state index is 12.1. The van der Waals surface area contributed by atoms with Gasteiger partial charge in [-0.2, -0.15) is 0 Å². The second-order valence-electron chi connectivity index (χ2n) is 5.57. The number of nitrogens with zero attached hydrogens (tertiary/aromatic N) is 1. The van der Waals surface area contributed by atoms with Gasteiger partial charge in [-0.05, 0) is 37.6 Å². The summed E-state index contributed by atoms with van der Waals surface area (Å²) >= 11 is 7.57. The number of hydrogen-bond donors (Lipinski definition) is 3. The van der Waals surface area contributed by atoms with Gasteiger partial charge >= 0.3 is 0 Å². The van der Waals surface area contributed by atoms with Crippen molar-refractivity contribution < 1.29 is 9.53 Å². The molecule has 0 aliphatic carbocycles. The number of aromatic nitrogens is 1. The van der Waals surface area contributed by atoms with E-state index < -0.39 is 0 Å². The smallest absolute Gasteiger partial charge is 0.262 e. The summed E-state index contributed by atoms with van der Waals surface area (Å²) in [4.78, 5) is 16.4. The number of amides is 1. The van der Waals surface area contributed by atoms with Gasteiger partial charge in [-0.3, -0.25) is 10.2 Å². The van der Waals surface area contributed by atoms with E-state index in [0.717, 1.165) is 15.8 Å². The van der Waals surface area contributed by atoms with Crippen molar-refractivity contribution in [3.63, 3.8) is 0 Å². The van der Waals surface area contributed by atoms with Gasteiger partial charge in [0, 0.05) is 5.69 Å². The quantitative estimate of drug-likeness (QED) is 0.464. The molecule has 3 aromatic rings. The van der Waals surface area contributed by atoms with Crippen molar-refractivity contribution in [2.45, 2.75) is 13.8 Å². The molecule has 0 unspecified atom stereocenters. The molecular formula is C17H17ClN4O2S. The van der Waals surface area contributed by atoms with Crippen molar-refractivity contribution in [2.75, 3.05) is 17.3 Å². The number of benzene rings is 2. The van der Waals surface area contributed by atoms with Crippen molar-refractivity contribution in [3.05, 3.63) is 46.5 Å². The Hall–Kier alpha value is -2.35. The first kappa shape index (κ1) is 17.5. The number of hydrazine groups is 1. The van der Waals surface area contributed by atoms with Crippen LogP contribution in [0, 0.1) is 13.8 Å². The number of nitrogens with two attached hydrogens (primary N) is 1. The number of nitrogens with one attached hydrogen (secondary N) is 2. The van der Waals surface area contributed by atoms with Gasteiger partial charge in [0.2, 0.25) is 0 Å². The highest BCUT2D eigenvalue weighted by Gasteiger charge is 2.11. The first-order chi connectivity index (χ1) is 12.0. The zero-order valence-corrected chi connectivity index (χ0v) is 15.3. The fraction of sp³-hybridized carbons (Fsp3) is 0.176. The number of halogens is 1. The number of rotatable bonds is 5. The van der Waals surface area contributed by atoms with Crippen LogP contribution in [0.15, 0.2) is 30.3 Å². The molecular weight excluding hydrogens is 360 g/mol. The second kappa shape index (κ2) is 7.26. The van der Waals surface area contributed by atoms with E-state index in [9.17, 15) is 4.79 Å². The minimum Gasteiger partial charge on any atom is -0.483 e. The van der Waals surface area contributed by atoms with E-state index in [-0.39, 0.29) is 12.5 Å². The Balaban J connectivity index is 1.69. The minimum absolute atomic E-state index is 0.0855. The van der Waals surface area contributed by atoms with Gasteiger partial charge in [-0.25, -0.2) is 10.8 Å². The molecule has 0 fully saturated rings. The number of nitrogen functional groups attached to an aromatic ring is 1. The lowest BCUT2D eigenvalue weighted by molar-refractivity contribution is -0.118. The van der Waals surface area contributed by atoms with Crippen LogP contribution in [0.25, 0.3) is 10.2 Å². The fourth-order valence-electron chi connectivity index (χ4n) is 2.42. The number of carbonyl (C=O) groups is 1. The van der Waals surface area contributed by atoms with Gasteiger partial charge in [-0.15, -0.1) is 0 Å². The highest BCUT2D eigenvalue weighted by Crippen LogP contribution is 2.33. The molecule has 0 bridgehead atoms. The second-order valence-corrected chi connectivity index (χ2v) is 7.01. The van der Waals surface area contributed by atoms with Crippen LogP contribution >= 0.6 is 22.9 Å². The van der Waals surface area contributed by atoms with E-state index in [1.54, 1.807) is 12.1 Å². The molecule has 0 spiro atoms.